The number of piperidine rings is 1. The van der Waals surface area contributed by atoms with Gasteiger partial charge < -0.3 is 19.1 Å². The highest BCUT2D eigenvalue weighted by Gasteiger charge is 2.31. The summed E-state index contributed by atoms with van der Waals surface area (Å²) in [6.45, 7) is 5.00. The molecule has 0 aliphatic carbocycles. The first-order valence-corrected chi connectivity index (χ1v) is 8.20. The molecule has 1 aromatic rings. The van der Waals surface area contributed by atoms with Crippen molar-refractivity contribution in [3.8, 4) is 11.5 Å². The lowest BCUT2D eigenvalue weighted by Gasteiger charge is -2.32. The van der Waals surface area contributed by atoms with E-state index in [2.05, 4.69) is 0 Å². The molecule has 6 nitrogen and oxygen atoms in total. The summed E-state index contributed by atoms with van der Waals surface area (Å²) in [6, 6.07) is 3.47. The average molecular weight is 335 g/mol. The quantitative estimate of drug-likeness (QED) is 0.773. The van der Waals surface area contributed by atoms with Gasteiger partial charge in [-0.2, -0.15) is 0 Å². The highest BCUT2D eigenvalue weighted by Crippen LogP contribution is 2.32. The maximum absolute atomic E-state index is 12.9. The van der Waals surface area contributed by atoms with Gasteiger partial charge in [-0.15, -0.1) is 0 Å². The van der Waals surface area contributed by atoms with Crippen LogP contribution in [0.4, 0.5) is 0 Å². The van der Waals surface area contributed by atoms with Crippen LogP contribution in [-0.4, -0.2) is 50.7 Å². The van der Waals surface area contributed by atoms with E-state index in [9.17, 15) is 9.59 Å². The highest BCUT2D eigenvalue weighted by atomic mass is 16.5. The maximum atomic E-state index is 12.9. The molecule has 24 heavy (non-hydrogen) atoms. The Morgan fingerprint density at radius 3 is 2.62 bits per heavy atom. The van der Waals surface area contributed by atoms with Crippen LogP contribution in [0.3, 0.4) is 0 Å². The third-order valence-electron chi connectivity index (χ3n) is 4.34. The van der Waals surface area contributed by atoms with E-state index in [1.807, 2.05) is 6.92 Å². The average Bonchev–Trinajstić information content (AvgIpc) is 2.61. The Morgan fingerprint density at radius 2 is 2.00 bits per heavy atom. The van der Waals surface area contributed by atoms with E-state index in [0.717, 1.165) is 18.4 Å². The van der Waals surface area contributed by atoms with Crippen molar-refractivity contribution in [1.29, 1.82) is 0 Å². The Balaban J connectivity index is 2.22. The van der Waals surface area contributed by atoms with Crippen molar-refractivity contribution in [3.63, 3.8) is 0 Å². The number of rotatable bonds is 5. The molecule has 0 spiro atoms. The summed E-state index contributed by atoms with van der Waals surface area (Å²) in [5.74, 6) is 0.566. The molecule has 0 radical (unpaired) electrons. The van der Waals surface area contributed by atoms with E-state index in [1.165, 1.54) is 7.11 Å². The topological polar surface area (TPSA) is 65.1 Å². The summed E-state index contributed by atoms with van der Waals surface area (Å²) >= 11 is 0. The standard InChI is InChI=1S/C18H25NO5/c1-5-24-18(21)13-7-6-10-19(11-13)17(20)14-8-9-15(22-3)12(2)16(14)23-4/h8-9,13H,5-7,10-11H2,1-4H3. The predicted molar refractivity (Wildman–Crippen MR) is 89.5 cm³/mol. The zero-order chi connectivity index (χ0) is 17.7. The first kappa shape index (κ1) is 18.1. The normalized spacial score (nSPS) is 17.3. The van der Waals surface area contributed by atoms with Gasteiger partial charge in [-0.05, 0) is 38.8 Å². The van der Waals surface area contributed by atoms with Gasteiger partial charge in [0.2, 0.25) is 0 Å². The number of carbonyl (C=O) groups is 2. The molecular weight excluding hydrogens is 310 g/mol. The SMILES string of the molecule is CCOC(=O)C1CCCN(C(=O)c2ccc(OC)c(C)c2OC)C1. The number of amides is 1. The lowest BCUT2D eigenvalue weighted by atomic mass is 9.97. The van der Waals surface area contributed by atoms with Crippen molar-refractivity contribution >= 4 is 11.9 Å². The van der Waals surface area contributed by atoms with E-state index in [0.29, 0.717) is 36.8 Å². The van der Waals surface area contributed by atoms with Crippen molar-refractivity contribution in [3.05, 3.63) is 23.3 Å². The van der Waals surface area contributed by atoms with Crippen LogP contribution in [0.15, 0.2) is 12.1 Å². The number of benzene rings is 1. The lowest BCUT2D eigenvalue weighted by Crippen LogP contribution is -2.43. The van der Waals surface area contributed by atoms with Crippen LogP contribution in [0.2, 0.25) is 0 Å². The number of hydrogen-bond acceptors (Lipinski definition) is 5. The molecule has 1 aliphatic heterocycles. The Hall–Kier alpha value is -2.24. The van der Waals surface area contributed by atoms with Crippen molar-refractivity contribution in [2.45, 2.75) is 26.7 Å². The third kappa shape index (κ3) is 3.63. The molecule has 1 aromatic carbocycles. The molecule has 6 heteroatoms. The molecule has 0 saturated carbocycles. The minimum atomic E-state index is -0.256. The van der Waals surface area contributed by atoms with Crippen LogP contribution in [-0.2, 0) is 9.53 Å². The van der Waals surface area contributed by atoms with E-state index in [-0.39, 0.29) is 17.8 Å². The number of likely N-dealkylation sites (tertiary alicyclic amines) is 1. The van der Waals surface area contributed by atoms with E-state index in [4.69, 9.17) is 14.2 Å². The largest absolute Gasteiger partial charge is 0.496 e. The predicted octanol–water partition coefficient (Wildman–Crippen LogP) is 2.43. The minimum absolute atomic E-state index is 0.133. The second kappa shape index (κ2) is 8.04. The fourth-order valence-corrected chi connectivity index (χ4v) is 3.11. The van der Waals surface area contributed by atoms with Gasteiger partial charge in [0, 0.05) is 18.7 Å². The minimum Gasteiger partial charge on any atom is -0.496 e. The van der Waals surface area contributed by atoms with Gasteiger partial charge in [0.05, 0.1) is 32.3 Å². The van der Waals surface area contributed by atoms with E-state index >= 15 is 0 Å². The maximum Gasteiger partial charge on any atom is 0.310 e. The third-order valence-corrected chi connectivity index (χ3v) is 4.34. The molecular formula is C18H25NO5. The Labute approximate surface area is 142 Å². The number of methoxy groups -OCH3 is 2. The second-order valence-electron chi connectivity index (χ2n) is 5.82. The number of ether oxygens (including phenoxy) is 3. The number of esters is 1. The summed E-state index contributed by atoms with van der Waals surface area (Å²) in [7, 11) is 3.12. The first-order valence-electron chi connectivity index (χ1n) is 8.20. The molecule has 0 N–H and O–H groups in total. The van der Waals surface area contributed by atoms with Gasteiger partial charge in [0.25, 0.3) is 5.91 Å². The summed E-state index contributed by atoms with van der Waals surface area (Å²) in [6.07, 6.45) is 1.54. The van der Waals surface area contributed by atoms with Crippen LogP contribution >= 0.6 is 0 Å². The van der Waals surface area contributed by atoms with E-state index in [1.54, 1.807) is 31.1 Å². The van der Waals surface area contributed by atoms with Gasteiger partial charge in [0.1, 0.15) is 11.5 Å². The zero-order valence-corrected chi connectivity index (χ0v) is 14.8. The molecule has 2 rings (SSSR count). The van der Waals surface area contributed by atoms with Crippen LogP contribution in [0.25, 0.3) is 0 Å². The fraction of sp³-hybridized carbons (Fsp3) is 0.556. The number of hydrogen-bond donors (Lipinski definition) is 0. The molecule has 1 atom stereocenters. The van der Waals surface area contributed by atoms with Crippen LogP contribution in [0.1, 0.15) is 35.7 Å². The van der Waals surface area contributed by atoms with Crippen LogP contribution in [0, 0.1) is 12.8 Å². The second-order valence-corrected chi connectivity index (χ2v) is 5.82. The highest BCUT2D eigenvalue weighted by molar-refractivity contribution is 5.98. The van der Waals surface area contributed by atoms with Gasteiger partial charge in [-0.1, -0.05) is 0 Å². The molecule has 1 heterocycles. The molecule has 1 saturated heterocycles. The summed E-state index contributed by atoms with van der Waals surface area (Å²) in [5.41, 5.74) is 1.27. The molecule has 1 fully saturated rings. The van der Waals surface area contributed by atoms with Crippen LogP contribution < -0.4 is 9.47 Å². The van der Waals surface area contributed by atoms with Gasteiger partial charge in [-0.3, -0.25) is 9.59 Å². The fourth-order valence-electron chi connectivity index (χ4n) is 3.11. The molecule has 1 amide bonds. The lowest BCUT2D eigenvalue weighted by molar-refractivity contribution is -0.149. The summed E-state index contributed by atoms with van der Waals surface area (Å²) in [5, 5.41) is 0. The van der Waals surface area contributed by atoms with Crippen molar-refractivity contribution < 1.29 is 23.8 Å². The molecule has 0 bridgehead atoms. The molecule has 132 valence electrons. The van der Waals surface area contributed by atoms with Crippen molar-refractivity contribution in [2.75, 3.05) is 33.9 Å². The Morgan fingerprint density at radius 1 is 1.25 bits per heavy atom. The zero-order valence-electron chi connectivity index (χ0n) is 14.8. The Bertz CT molecular complexity index is 614. The number of carbonyl (C=O) groups excluding carboxylic acids is 2. The van der Waals surface area contributed by atoms with Crippen molar-refractivity contribution in [1.82, 2.24) is 4.90 Å². The summed E-state index contributed by atoms with van der Waals surface area (Å²) in [4.78, 5) is 26.6. The first-order chi connectivity index (χ1) is 11.5. The van der Waals surface area contributed by atoms with Gasteiger partial charge >= 0.3 is 5.97 Å². The van der Waals surface area contributed by atoms with Gasteiger partial charge in [-0.25, -0.2) is 0 Å². The van der Waals surface area contributed by atoms with Crippen molar-refractivity contribution in [2.24, 2.45) is 5.92 Å². The smallest absolute Gasteiger partial charge is 0.310 e. The monoisotopic (exact) mass is 335 g/mol. The molecule has 0 aromatic heterocycles. The summed E-state index contributed by atoms with van der Waals surface area (Å²) < 4.78 is 15.8. The van der Waals surface area contributed by atoms with Gasteiger partial charge in [0.15, 0.2) is 0 Å². The molecule has 1 unspecified atom stereocenters. The number of nitrogens with zero attached hydrogens (tertiary/aromatic N) is 1. The Kier molecular flexibility index (Phi) is 6.06. The van der Waals surface area contributed by atoms with Crippen LogP contribution in [0.5, 0.6) is 11.5 Å². The molecule has 1 aliphatic rings. The van der Waals surface area contributed by atoms with E-state index < -0.39 is 0 Å².